The number of piperidine rings is 1. The molecule has 0 aliphatic carbocycles. The number of rotatable bonds is 5. The second-order valence-electron chi connectivity index (χ2n) is 7.49. The van der Waals surface area contributed by atoms with Crippen molar-refractivity contribution < 1.29 is 24.2 Å². The molecule has 5 heteroatoms. The van der Waals surface area contributed by atoms with Gasteiger partial charge in [0, 0.05) is 12.8 Å². The Labute approximate surface area is 146 Å². The Morgan fingerprint density at radius 2 is 1.67 bits per heavy atom. The van der Waals surface area contributed by atoms with Gasteiger partial charge in [0.1, 0.15) is 44.2 Å². The number of piperazine rings is 1. The molecule has 1 aromatic rings. The molecule has 24 heavy (non-hydrogen) atoms. The predicted molar refractivity (Wildman–Crippen MR) is 94.3 cm³/mol. The molecule has 0 bridgehead atoms. The number of nitrogens with one attached hydrogen (secondary N) is 3. The van der Waals surface area contributed by atoms with E-state index < -0.39 is 0 Å². The SMILES string of the molecule is COc1ccc(OC)c(C[NH+]2CCC([NH+]3CC[NH+](C)CC3)CC2)c1. The molecule has 1 aromatic carbocycles. The van der Waals surface area contributed by atoms with Gasteiger partial charge in [0.05, 0.1) is 46.0 Å². The minimum absolute atomic E-state index is 0.883. The molecule has 3 N–H and O–H groups in total. The zero-order valence-corrected chi connectivity index (χ0v) is 15.5. The van der Waals surface area contributed by atoms with Crippen molar-refractivity contribution in [2.24, 2.45) is 0 Å². The summed E-state index contributed by atoms with van der Waals surface area (Å²) >= 11 is 0. The molecule has 3 rings (SSSR count). The lowest BCUT2D eigenvalue weighted by Gasteiger charge is -2.37. The van der Waals surface area contributed by atoms with Crippen molar-refractivity contribution >= 4 is 0 Å². The molecule has 2 saturated heterocycles. The van der Waals surface area contributed by atoms with E-state index in [1.54, 1.807) is 24.0 Å². The monoisotopic (exact) mass is 336 g/mol. The summed E-state index contributed by atoms with van der Waals surface area (Å²) in [5, 5.41) is 0. The van der Waals surface area contributed by atoms with E-state index in [2.05, 4.69) is 13.1 Å². The van der Waals surface area contributed by atoms with Gasteiger partial charge in [0.25, 0.3) is 0 Å². The summed E-state index contributed by atoms with van der Waals surface area (Å²) in [5.74, 6) is 1.91. The molecule has 2 aliphatic rings. The molecule has 0 aromatic heterocycles. The van der Waals surface area contributed by atoms with Crippen molar-refractivity contribution in [1.29, 1.82) is 0 Å². The number of likely N-dealkylation sites (N-methyl/N-ethyl adjacent to an activating group) is 1. The van der Waals surface area contributed by atoms with Crippen LogP contribution in [-0.2, 0) is 6.54 Å². The first kappa shape index (κ1) is 17.5. The van der Waals surface area contributed by atoms with Crippen molar-refractivity contribution in [3.05, 3.63) is 23.8 Å². The van der Waals surface area contributed by atoms with Crippen LogP contribution >= 0.6 is 0 Å². The zero-order chi connectivity index (χ0) is 16.9. The quantitative estimate of drug-likeness (QED) is 0.563. The highest BCUT2D eigenvalue weighted by atomic mass is 16.5. The molecule has 134 valence electrons. The van der Waals surface area contributed by atoms with Crippen molar-refractivity contribution in [2.45, 2.75) is 25.4 Å². The van der Waals surface area contributed by atoms with E-state index in [1.807, 2.05) is 17.0 Å². The number of benzene rings is 1. The molecular weight excluding hydrogens is 302 g/mol. The lowest BCUT2D eigenvalue weighted by molar-refractivity contribution is -1.02. The highest BCUT2D eigenvalue weighted by Crippen LogP contribution is 2.23. The summed E-state index contributed by atoms with van der Waals surface area (Å²) in [6, 6.07) is 7.01. The minimum Gasteiger partial charge on any atom is -0.497 e. The summed E-state index contributed by atoms with van der Waals surface area (Å²) in [6.45, 7) is 8.97. The van der Waals surface area contributed by atoms with Gasteiger partial charge in [0.15, 0.2) is 0 Å². The normalized spacial score (nSPS) is 30.8. The van der Waals surface area contributed by atoms with Crippen LogP contribution in [0.25, 0.3) is 0 Å². The van der Waals surface area contributed by atoms with Crippen LogP contribution in [0.15, 0.2) is 18.2 Å². The predicted octanol–water partition coefficient (Wildman–Crippen LogP) is -2.34. The Morgan fingerprint density at radius 1 is 0.958 bits per heavy atom. The molecule has 5 nitrogen and oxygen atoms in total. The van der Waals surface area contributed by atoms with Crippen molar-refractivity contribution in [3.8, 4) is 11.5 Å². The van der Waals surface area contributed by atoms with E-state index in [0.717, 1.165) is 24.1 Å². The molecule has 0 amide bonds. The highest BCUT2D eigenvalue weighted by Gasteiger charge is 2.33. The second-order valence-corrected chi connectivity index (χ2v) is 7.49. The second kappa shape index (κ2) is 8.19. The third kappa shape index (κ3) is 4.21. The minimum atomic E-state index is 0.883. The van der Waals surface area contributed by atoms with Gasteiger partial charge >= 0.3 is 0 Å². The number of hydrogen-bond acceptors (Lipinski definition) is 2. The van der Waals surface area contributed by atoms with Crippen LogP contribution in [-0.4, -0.2) is 66.6 Å². The molecule has 0 unspecified atom stereocenters. The standard InChI is InChI=1S/C19H31N3O2/c1-20-10-12-22(13-11-20)17-6-8-21(9-7-17)15-16-14-18(23-2)4-5-19(16)24-3/h4-5,14,17H,6-13,15H2,1-3H3/p+3. The largest absolute Gasteiger partial charge is 0.497 e. The Morgan fingerprint density at radius 3 is 2.29 bits per heavy atom. The van der Waals surface area contributed by atoms with Gasteiger partial charge in [-0.2, -0.15) is 0 Å². The molecule has 0 spiro atoms. The molecule has 2 heterocycles. The van der Waals surface area contributed by atoms with Crippen LogP contribution in [0.4, 0.5) is 0 Å². The first-order valence-electron chi connectivity index (χ1n) is 9.40. The van der Waals surface area contributed by atoms with Crippen molar-refractivity contribution in [3.63, 3.8) is 0 Å². The van der Waals surface area contributed by atoms with Crippen LogP contribution in [0.1, 0.15) is 18.4 Å². The zero-order valence-electron chi connectivity index (χ0n) is 15.5. The van der Waals surface area contributed by atoms with Gasteiger partial charge in [-0.25, -0.2) is 0 Å². The van der Waals surface area contributed by atoms with Gasteiger partial charge in [-0.1, -0.05) is 0 Å². The van der Waals surface area contributed by atoms with Crippen LogP contribution in [0.5, 0.6) is 11.5 Å². The van der Waals surface area contributed by atoms with E-state index in [1.165, 1.54) is 57.7 Å². The average Bonchev–Trinajstić information content (AvgIpc) is 2.63. The van der Waals surface area contributed by atoms with Crippen LogP contribution in [0.3, 0.4) is 0 Å². The topological polar surface area (TPSA) is 31.8 Å². The summed E-state index contributed by atoms with van der Waals surface area (Å²) < 4.78 is 10.9. The van der Waals surface area contributed by atoms with Crippen molar-refractivity contribution in [2.75, 3.05) is 60.5 Å². The fourth-order valence-corrected chi connectivity index (χ4v) is 4.31. The molecule has 0 radical (unpaired) electrons. The molecule has 2 fully saturated rings. The maximum absolute atomic E-state index is 5.54. The molecule has 2 aliphatic heterocycles. The average molecular weight is 337 g/mol. The maximum atomic E-state index is 5.54. The first-order valence-corrected chi connectivity index (χ1v) is 9.40. The Hall–Kier alpha value is -1.30. The highest BCUT2D eigenvalue weighted by molar-refractivity contribution is 5.39. The number of methoxy groups -OCH3 is 2. The summed E-state index contributed by atoms with van der Waals surface area (Å²) in [5.41, 5.74) is 1.26. The Bertz CT molecular complexity index is 521. The van der Waals surface area contributed by atoms with Gasteiger partial charge in [-0.15, -0.1) is 0 Å². The lowest BCUT2D eigenvalue weighted by Crippen LogP contribution is -3.29. The third-order valence-corrected chi connectivity index (χ3v) is 5.94. The van der Waals surface area contributed by atoms with Gasteiger partial charge < -0.3 is 24.2 Å². The van der Waals surface area contributed by atoms with E-state index in [0.29, 0.717) is 0 Å². The fraction of sp³-hybridized carbons (Fsp3) is 0.684. The molecule has 0 saturated carbocycles. The van der Waals surface area contributed by atoms with E-state index >= 15 is 0 Å². The first-order chi connectivity index (χ1) is 11.7. The number of quaternary nitrogens is 3. The van der Waals surface area contributed by atoms with Crippen LogP contribution in [0, 0.1) is 0 Å². The third-order valence-electron chi connectivity index (χ3n) is 5.94. The Balaban J connectivity index is 1.54. The fourth-order valence-electron chi connectivity index (χ4n) is 4.31. The van der Waals surface area contributed by atoms with Crippen LogP contribution < -0.4 is 24.2 Å². The number of ether oxygens (including phenoxy) is 2. The van der Waals surface area contributed by atoms with Crippen molar-refractivity contribution in [1.82, 2.24) is 0 Å². The smallest absolute Gasteiger partial charge is 0.127 e. The number of likely N-dealkylation sites (tertiary alicyclic amines) is 1. The van der Waals surface area contributed by atoms with Crippen LogP contribution in [0.2, 0.25) is 0 Å². The summed E-state index contributed by atoms with van der Waals surface area (Å²) in [7, 11) is 5.81. The lowest BCUT2D eigenvalue weighted by atomic mass is 10.0. The maximum Gasteiger partial charge on any atom is 0.127 e. The van der Waals surface area contributed by atoms with E-state index in [-0.39, 0.29) is 0 Å². The number of hydrogen-bond donors (Lipinski definition) is 3. The molecule has 0 atom stereocenters. The Kier molecular flexibility index (Phi) is 5.98. The van der Waals surface area contributed by atoms with E-state index in [9.17, 15) is 0 Å². The summed E-state index contributed by atoms with van der Waals surface area (Å²) in [4.78, 5) is 5.24. The molecular formula is C19H34N3O2+3. The van der Waals surface area contributed by atoms with Gasteiger partial charge in [0.2, 0.25) is 0 Å². The van der Waals surface area contributed by atoms with Gasteiger partial charge in [-0.05, 0) is 18.2 Å². The summed E-state index contributed by atoms with van der Waals surface area (Å²) in [6.07, 6.45) is 2.71. The van der Waals surface area contributed by atoms with Gasteiger partial charge in [-0.3, -0.25) is 0 Å². The van der Waals surface area contributed by atoms with E-state index in [4.69, 9.17) is 9.47 Å².